The summed E-state index contributed by atoms with van der Waals surface area (Å²) in [4.78, 5) is 24.1. The Morgan fingerprint density at radius 3 is 2.11 bits per heavy atom. The van der Waals surface area contributed by atoms with E-state index in [1.807, 2.05) is 30.3 Å². The summed E-state index contributed by atoms with van der Waals surface area (Å²) in [6.45, 7) is 6.90. The third-order valence-electron chi connectivity index (χ3n) is 7.40. The molecule has 44 heavy (non-hydrogen) atoms. The van der Waals surface area contributed by atoms with Gasteiger partial charge in [0.2, 0.25) is 6.10 Å². The van der Waals surface area contributed by atoms with Crippen LogP contribution in [0.2, 0.25) is 0 Å². The number of carboxylic acids is 2. The van der Waals surface area contributed by atoms with Crippen molar-refractivity contribution in [2.75, 3.05) is 0 Å². The third kappa shape index (κ3) is 8.29. The van der Waals surface area contributed by atoms with E-state index in [0.29, 0.717) is 23.6 Å². The molecule has 0 amide bonds. The van der Waals surface area contributed by atoms with Gasteiger partial charge in [-0.15, -0.1) is 10.2 Å². The molecular weight excluding hydrogens is 574 g/mol. The Kier molecular flexibility index (Phi) is 12.0. The lowest BCUT2D eigenvalue weighted by atomic mass is 9.97. The first kappa shape index (κ1) is 32.8. The van der Waals surface area contributed by atoms with Crippen molar-refractivity contribution in [3.63, 3.8) is 0 Å². The number of aryl methyl sites for hydroxylation is 3. The molecule has 4 aromatic rings. The maximum absolute atomic E-state index is 12.3. The monoisotopic (exact) mass is 615 g/mol. The molecule has 0 saturated carbocycles. The predicted molar refractivity (Wildman–Crippen MR) is 173 cm³/mol. The second-order valence-corrected chi connectivity index (χ2v) is 11.8. The lowest BCUT2D eigenvalue weighted by Gasteiger charge is -2.22. The highest BCUT2D eigenvalue weighted by Crippen LogP contribution is 2.34. The van der Waals surface area contributed by atoms with Crippen LogP contribution in [0.5, 0.6) is 5.75 Å². The van der Waals surface area contributed by atoms with Crippen molar-refractivity contribution in [2.45, 2.75) is 89.3 Å². The van der Waals surface area contributed by atoms with Crippen LogP contribution in [0, 0.1) is 0 Å². The van der Waals surface area contributed by atoms with Crippen molar-refractivity contribution in [1.29, 1.82) is 0 Å². The van der Waals surface area contributed by atoms with E-state index >= 15 is 0 Å². The van der Waals surface area contributed by atoms with Gasteiger partial charge in [0.15, 0.2) is 5.16 Å². The molecule has 2 N–H and O–H groups in total. The van der Waals surface area contributed by atoms with Gasteiger partial charge < -0.3 is 19.5 Å². The number of thioether (sulfide) groups is 1. The standard InChI is InChI=1S/C35H41N3O5S/c1-4-7-19-30-36-37-35(44-23-28-17-11-12-18-29(28)33(39)40)38(30)22-24-20-26(13-5-2)31(27(21-24)14-6-3)43-32(34(41)42)25-15-9-8-10-16-25/h8-12,15-18,20-21,32H,4-7,13-14,19,22-23H2,1-3H3,(H,39,40)(H,41,42). The van der Waals surface area contributed by atoms with E-state index < -0.39 is 18.0 Å². The van der Waals surface area contributed by atoms with Gasteiger partial charge in [-0.05, 0) is 47.6 Å². The number of hydrogen-bond donors (Lipinski definition) is 2. The normalized spacial score (nSPS) is 11.8. The number of aromatic nitrogens is 3. The van der Waals surface area contributed by atoms with Crippen LogP contribution < -0.4 is 4.74 Å². The maximum Gasteiger partial charge on any atom is 0.349 e. The minimum Gasteiger partial charge on any atom is -0.478 e. The number of carboxylic acid groups (broad SMARTS) is 2. The van der Waals surface area contributed by atoms with Crippen LogP contribution in [0.1, 0.15) is 96.6 Å². The van der Waals surface area contributed by atoms with Crippen LogP contribution >= 0.6 is 11.8 Å². The first-order chi connectivity index (χ1) is 21.4. The van der Waals surface area contributed by atoms with Crippen LogP contribution in [0.25, 0.3) is 0 Å². The summed E-state index contributed by atoms with van der Waals surface area (Å²) in [5.74, 6) is 0.0347. The van der Waals surface area contributed by atoms with Crippen LogP contribution in [0.4, 0.5) is 0 Å². The second kappa shape index (κ2) is 16.1. The Morgan fingerprint density at radius 1 is 0.841 bits per heavy atom. The van der Waals surface area contributed by atoms with E-state index in [-0.39, 0.29) is 5.56 Å². The summed E-state index contributed by atoms with van der Waals surface area (Å²) >= 11 is 1.48. The maximum atomic E-state index is 12.3. The van der Waals surface area contributed by atoms with E-state index in [1.165, 1.54) is 11.8 Å². The Balaban J connectivity index is 1.70. The zero-order valence-electron chi connectivity index (χ0n) is 25.7. The quantitative estimate of drug-likeness (QED) is 0.116. The van der Waals surface area contributed by atoms with Crippen molar-refractivity contribution in [3.8, 4) is 5.75 Å². The molecule has 0 aliphatic carbocycles. The summed E-state index contributed by atoms with van der Waals surface area (Å²) in [7, 11) is 0. The fraction of sp³-hybridized carbons (Fsp3) is 0.371. The SMILES string of the molecule is CCCCc1nnc(SCc2ccccc2C(=O)O)n1Cc1cc(CCC)c(OC(C(=O)O)c2ccccc2)c(CCC)c1. The van der Waals surface area contributed by atoms with E-state index in [0.717, 1.165) is 78.2 Å². The number of aromatic carboxylic acids is 1. The molecule has 9 heteroatoms. The first-order valence-electron chi connectivity index (χ1n) is 15.3. The van der Waals surface area contributed by atoms with E-state index in [2.05, 4.69) is 47.7 Å². The number of rotatable bonds is 17. The summed E-state index contributed by atoms with van der Waals surface area (Å²) in [5, 5.41) is 29.5. The Bertz CT molecular complexity index is 1530. The lowest BCUT2D eigenvalue weighted by Crippen LogP contribution is -2.20. The summed E-state index contributed by atoms with van der Waals surface area (Å²) in [6, 6.07) is 20.4. The van der Waals surface area contributed by atoms with Gasteiger partial charge in [-0.3, -0.25) is 0 Å². The zero-order chi connectivity index (χ0) is 31.5. The molecule has 1 atom stereocenters. The van der Waals surface area contributed by atoms with Crippen LogP contribution in [-0.2, 0) is 36.4 Å². The lowest BCUT2D eigenvalue weighted by molar-refractivity contribution is -0.145. The van der Waals surface area contributed by atoms with Crippen molar-refractivity contribution in [3.05, 3.63) is 106 Å². The molecule has 1 unspecified atom stereocenters. The van der Waals surface area contributed by atoms with Gasteiger partial charge >= 0.3 is 11.9 Å². The zero-order valence-corrected chi connectivity index (χ0v) is 26.5. The minimum absolute atomic E-state index is 0.288. The van der Waals surface area contributed by atoms with Gasteiger partial charge in [-0.2, -0.15) is 0 Å². The van der Waals surface area contributed by atoms with Gasteiger partial charge in [-0.25, -0.2) is 9.59 Å². The van der Waals surface area contributed by atoms with Gasteiger partial charge in [0, 0.05) is 17.7 Å². The average Bonchev–Trinajstić information content (AvgIpc) is 3.39. The number of carbonyl (C=O) groups is 2. The molecule has 0 spiro atoms. The third-order valence-corrected chi connectivity index (χ3v) is 8.41. The first-order valence-corrected chi connectivity index (χ1v) is 16.3. The van der Waals surface area contributed by atoms with E-state index in [9.17, 15) is 19.8 Å². The minimum atomic E-state index is -1.11. The van der Waals surface area contributed by atoms with Crippen molar-refractivity contribution < 1.29 is 24.5 Å². The molecule has 8 nitrogen and oxygen atoms in total. The highest BCUT2D eigenvalue weighted by atomic mass is 32.2. The highest BCUT2D eigenvalue weighted by Gasteiger charge is 2.25. The predicted octanol–water partition coefficient (Wildman–Crippen LogP) is 7.77. The van der Waals surface area contributed by atoms with Gasteiger partial charge in [0.25, 0.3) is 0 Å². The van der Waals surface area contributed by atoms with Crippen LogP contribution in [-0.4, -0.2) is 36.9 Å². The average molecular weight is 616 g/mol. The molecule has 0 radical (unpaired) electrons. The molecule has 0 aliphatic heterocycles. The molecule has 0 aliphatic rings. The molecular formula is C35H41N3O5S. The fourth-order valence-corrected chi connectivity index (χ4v) is 6.23. The molecule has 0 saturated heterocycles. The number of benzene rings is 3. The molecule has 0 fully saturated rings. The van der Waals surface area contributed by atoms with Gasteiger partial charge in [0.1, 0.15) is 11.6 Å². The van der Waals surface area contributed by atoms with Crippen molar-refractivity contribution >= 4 is 23.7 Å². The summed E-state index contributed by atoms with van der Waals surface area (Å²) in [6.07, 6.45) is 4.95. The van der Waals surface area contributed by atoms with Gasteiger partial charge in [0.05, 0.1) is 12.1 Å². The molecule has 3 aromatic carbocycles. The second-order valence-electron chi connectivity index (χ2n) is 10.8. The van der Waals surface area contributed by atoms with E-state index in [1.54, 1.807) is 24.3 Å². The van der Waals surface area contributed by atoms with Crippen molar-refractivity contribution in [2.24, 2.45) is 0 Å². The number of ether oxygens (including phenoxy) is 1. The molecule has 1 heterocycles. The number of nitrogens with zero attached hydrogens (tertiary/aromatic N) is 3. The van der Waals surface area contributed by atoms with Crippen molar-refractivity contribution in [1.82, 2.24) is 14.8 Å². The fourth-order valence-electron chi connectivity index (χ4n) is 5.27. The Labute approximate surface area is 263 Å². The topological polar surface area (TPSA) is 115 Å². The summed E-state index contributed by atoms with van der Waals surface area (Å²) in [5.41, 5.74) is 4.67. The largest absolute Gasteiger partial charge is 0.478 e. The van der Waals surface area contributed by atoms with Crippen LogP contribution in [0.15, 0.2) is 71.9 Å². The Morgan fingerprint density at radius 2 is 1.50 bits per heavy atom. The smallest absolute Gasteiger partial charge is 0.349 e. The molecule has 1 aromatic heterocycles. The summed E-state index contributed by atoms with van der Waals surface area (Å²) < 4.78 is 8.49. The molecule has 0 bridgehead atoms. The molecule has 232 valence electrons. The number of aliphatic carboxylic acids is 1. The number of hydrogen-bond acceptors (Lipinski definition) is 6. The van der Waals surface area contributed by atoms with Crippen LogP contribution in [0.3, 0.4) is 0 Å². The highest BCUT2D eigenvalue weighted by molar-refractivity contribution is 7.98. The Hall–Kier alpha value is -4.11. The molecule has 4 rings (SSSR count). The number of unbranched alkanes of at least 4 members (excludes halogenated alkanes) is 1. The van der Waals surface area contributed by atoms with Gasteiger partial charge in [-0.1, -0.05) is 112 Å². The van der Waals surface area contributed by atoms with E-state index in [4.69, 9.17) is 4.74 Å².